The molecule has 1 aromatic heterocycles. The lowest BCUT2D eigenvalue weighted by Gasteiger charge is -2.09. The van der Waals surface area contributed by atoms with Crippen LogP contribution >= 0.6 is 0 Å². The van der Waals surface area contributed by atoms with E-state index in [4.69, 9.17) is 14.2 Å². The predicted molar refractivity (Wildman–Crippen MR) is 69.5 cm³/mol. The number of aryl methyl sites for hydroxylation is 1. The third-order valence-corrected chi connectivity index (χ3v) is 3.05. The molecule has 0 aliphatic carbocycles. The maximum atomic E-state index is 5.37. The smallest absolute Gasteiger partial charge is 0.231 e. The molecule has 0 spiro atoms. The summed E-state index contributed by atoms with van der Waals surface area (Å²) in [6, 6.07) is 3.65. The summed E-state index contributed by atoms with van der Waals surface area (Å²) in [5.41, 5.74) is 1.90. The van der Waals surface area contributed by atoms with Crippen LogP contribution < -0.4 is 14.2 Å². The number of hydrogen-bond donors (Lipinski definition) is 0. The van der Waals surface area contributed by atoms with Gasteiger partial charge in [0.1, 0.15) is 5.75 Å². The summed E-state index contributed by atoms with van der Waals surface area (Å²) in [7, 11) is 1.61. The molecule has 2 heterocycles. The predicted octanol–water partition coefficient (Wildman–Crippen LogP) is 2.44. The maximum Gasteiger partial charge on any atom is 0.231 e. The van der Waals surface area contributed by atoms with Crippen molar-refractivity contribution < 1.29 is 14.2 Å². The number of ether oxygens (including phenoxy) is 3. The number of hydrogen-bond acceptors (Lipinski definition) is 5. The molecule has 19 heavy (non-hydrogen) atoms. The van der Waals surface area contributed by atoms with E-state index in [0.717, 1.165) is 17.5 Å². The average molecular weight is 258 g/mol. The van der Waals surface area contributed by atoms with E-state index in [0.29, 0.717) is 23.1 Å². The molecule has 1 aliphatic heterocycles. The summed E-state index contributed by atoms with van der Waals surface area (Å²) in [5, 5.41) is 0. The Bertz CT molecular complexity index is 596. The molecule has 1 aromatic carbocycles. The van der Waals surface area contributed by atoms with Crippen LogP contribution in [0.4, 0.5) is 0 Å². The zero-order valence-electron chi connectivity index (χ0n) is 10.8. The van der Waals surface area contributed by atoms with Gasteiger partial charge in [0.05, 0.1) is 12.7 Å². The molecule has 0 bridgehead atoms. The number of nitrogens with zero attached hydrogens (tertiary/aromatic N) is 2. The highest BCUT2D eigenvalue weighted by atomic mass is 16.7. The summed E-state index contributed by atoms with van der Waals surface area (Å²) in [4.78, 5) is 8.73. The Labute approximate surface area is 111 Å². The van der Waals surface area contributed by atoms with E-state index in [9.17, 15) is 0 Å². The first kappa shape index (κ1) is 11.8. The lowest BCUT2D eigenvalue weighted by Crippen LogP contribution is -1.94. The molecule has 5 heteroatoms. The number of rotatable bonds is 3. The first-order valence-corrected chi connectivity index (χ1v) is 6.10. The molecule has 5 nitrogen and oxygen atoms in total. The van der Waals surface area contributed by atoms with Crippen molar-refractivity contribution in [3.05, 3.63) is 30.1 Å². The summed E-state index contributed by atoms with van der Waals surface area (Å²) in [6.45, 7) is 2.30. The highest BCUT2D eigenvalue weighted by Crippen LogP contribution is 2.41. The van der Waals surface area contributed by atoms with Gasteiger partial charge in [0.2, 0.25) is 6.79 Å². The van der Waals surface area contributed by atoms with E-state index in [2.05, 4.69) is 16.9 Å². The van der Waals surface area contributed by atoms with Crippen molar-refractivity contribution >= 4 is 0 Å². The van der Waals surface area contributed by atoms with Gasteiger partial charge in [-0.05, 0) is 18.1 Å². The van der Waals surface area contributed by atoms with E-state index in [1.54, 1.807) is 13.2 Å². The van der Waals surface area contributed by atoms with Crippen molar-refractivity contribution in [2.24, 2.45) is 0 Å². The second-order valence-electron chi connectivity index (χ2n) is 4.17. The third kappa shape index (κ3) is 2.07. The molecule has 0 radical (unpaired) electrons. The quantitative estimate of drug-likeness (QED) is 0.846. The zero-order valence-corrected chi connectivity index (χ0v) is 10.8. The molecular weight excluding hydrogens is 244 g/mol. The molecule has 0 amide bonds. The van der Waals surface area contributed by atoms with Gasteiger partial charge in [-0.2, -0.15) is 0 Å². The maximum absolute atomic E-state index is 5.37. The van der Waals surface area contributed by atoms with Crippen LogP contribution in [0.2, 0.25) is 0 Å². The van der Waals surface area contributed by atoms with Crippen molar-refractivity contribution in [2.45, 2.75) is 13.3 Å². The van der Waals surface area contributed by atoms with Gasteiger partial charge in [0.15, 0.2) is 17.3 Å². The van der Waals surface area contributed by atoms with Crippen molar-refractivity contribution in [1.82, 2.24) is 9.97 Å². The van der Waals surface area contributed by atoms with Crippen molar-refractivity contribution in [3.63, 3.8) is 0 Å². The van der Waals surface area contributed by atoms with Crippen LogP contribution in [-0.2, 0) is 6.42 Å². The van der Waals surface area contributed by atoms with Gasteiger partial charge in [-0.15, -0.1) is 0 Å². The van der Waals surface area contributed by atoms with Crippen molar-refractivity contribution in [2.75, 3.05) is 13.9 Å². The Hall–Kier alpha value is -2.30. The summed E-state index contributed by atoms with van der Waals surface area (Å²) < 4.78 is 16.1. The Morgan fingerprint density at radius 3 is 2.47 bits per heavy atom. The van der Waals surface area contributed by atoms with Crippen LogP contribution in [0.5, 0.6) is 17.2 Å². The minimum absolute atomic E-state index is 0.234. The van der Waals surface area contributed by atoms with Crippen molar-refractivity contribution in [3.8, 4) is 28.6 Å². The Balaban J connectivity index is 2.07. The second kappa shape index (κ2) is 4.76. The molecular formula is C14H14N2O3. The number of methoxy groups -OCH3 is 1. The van der Waals surface area contributed by atoms with Crippen LogP contribution in [-0.4, -0.2) is 23.9 Å². The summed E-state index contributed by atoms with van der Waals surface area (Å²) in [5.74, 6) is 2.67. The topological polar surface area (TPSA) is 53.5 Å². The normalized spacial score (nSPS) is 12.5. The van der Waals surface area contributed by atoms with E-state index in [-0.39, 0.29) is 6.79 Å². The minimum Gasteiger partial charge on any atom is -0.496 e. The second-order valence-corrected chi connectivity index (χ2v) is 4.17. The van der Waals surface area contributed by atoms with Gasteiger partial charge in [-0.3, -0.25) is 0 Å². The van der Waals surface area contributed by atoms with Gasteiger partial charge in [-0.25, -0.2) is 9.97 Å². The van der Waals surface area contributed by atoms with E-state index < -0.39 is 0 Å². The molecule has 0 N–H and O–H groups in total. The lowest BCUT2D eigenvalue weighted by molar-refractivity contribution is 0.174. The monoisotopic (exact) mass is 258 g/mol. The average Bonchev–Trinajstić information content (AvgIpc) is 2.93. The molecule has 3 rings (SSSR count). The van der Waals surface area contributed by atoms with Crippen molar-refractivity contribution in [1.29, 1.82) is 0 Å². The summed E-state index contributed by atoms with van der Waals surface area (Å²) >= 11 is 0. The fourth-order valence-electron chi connectivity index (χ4n) is 1.94. The molecule has 2 aromatic rings. The van der Waals surface area contributed by atoms with Crippen LogP contribution in [0.25, 0.3) is 11.4 Å². The molecule has 1 aliphatic rings. The molecule has 0 saturated carbocycles. The lowest BCUT2D eigenvalue weighted by atomic mass is 10.1. The first-order valence-electron chi connectivity index (χ1n) is 6.10. The van der Waals surface area contributed by atoms with Crippen LogP contribution in [0.1, 0.15) is 12.5 Å². The Morgan fingerprint density at radius 2 is 1.84 bits per heavy atom. The molecule has 0 unspecified atom stereocenters. The van der Waals surface area contributed by atoms with Crippen LogP contribution in [0.3, 0.4) is 0 Å². The Morgan fingerprint density at radius 1 is 1.16 bits per heavy atom. The number of benzene rings is 1. The van der Waals surface area contributed by atoms with Gasteiger partial charge < -0.3 is 14.2 Å². The highest BCUT2D eigenvalue weighted by molar-refractivity contribution is 5.69. The summed E-state index contributed by atoms with van der Waals surface area (Å²) in [6.07, 6.45) is 4.57. The molecule has 0 atom stereocenters. The SMILES string of the molecule is CCc1cnc(-c2cc3c(cc2OC)OCO3)nc1. The van der Waals surface area contributed by atoms with E-state index >= 15 is 0 Å². The zero-order chi connectivity index (χ0) is 13.2. The minimum atomic E-state index is 0.234. The van der Waals surface area contributed by atoms with Gasteiger partial charge in [-0.1, -0.05) is 6.92 Å². The van der Waals surface area contributed by atoms with Crippen LogP contribution in [0.15, 0.2) is 24.5 Å². The van der Waals surface area contributed by atoms with Gasteiger partial charge >= 0.3 is 0 Å². The highest BCUT2D eigenvalue weighted by Gasteiger charge is 2.19. The Kier molecular flexibility index (Phi) is 2.95. The molecule has 0 fully saturated rings. The molecule has 98 valence electrons. The van der Waals surface area contributed by atoms with E-state index in [1.807, 2.05) is 18.5 Å². The fraction of sp³-hybridized carbons (Fsp3) is 0.286. The molecule has 0 saturated heterocycles. The fourth-order valence-corrected chi connectivity index (χ4v) is 1.94. The van der Waals surface area contributed by atoms with Gasteiger partial charge in [0, 0.05) is 18.5 Å². The third-order valence-electron chi connectivity index (χ3n) is 3.05. The number of fused-ring (bicyclic) bond motifs is 1. The number of aromatic nitrogens is 2. The van der Waals surface area contributed by atoms with Gasteiger partial charge in [0.25, 0.3) is 0 Å². The van der Waals surface area contributed by atoms with E-state index in [1.165, 1.54) is 0 Å². The first-order chi connectivity index (χ1) is 9.31. The largest absolute Gasteiger partial charge is 0.496 e. The standard InChI is InChI=1S/C14H14N2O3/c1-3-9-6-15-14(16-7-9)10-4-12-13(19-8-18-12)5-11(10)17-2/h4-7H,3,8H2,1-2H3. The van der Waals surface area contributed by atoms with Crippen LogP contribution in [0, 0.1) is 0 Å².